The van der Waals surface area contributed by atoms with Crippen LogP contribution in [0.5, 0.6) is 0 Å². The van der Waals surface area contributed by atoms with Crippen molar-refractivity contribution in [1.29, 1.82) is 0 Å². The van der Waals surface area contributed by atoms with E-state index in [1.54, 1.807) is 0 Å². The lowest BCUT2D eigenvalue weighted by Crippen LogP contribution is -2.41. The summed E-state index contributed by atoms with van der Waals surface area (Å²) in [7, 11) is 0. The van der Waals surface area contributed by atoms with Crippen molar-refractivity contribution >= 4 is 12.0 Å². The molecular weight excluding hydrogens is 176 g/mol. The smallest absolute Gasteiger partial charge is 0.407 e. The quantitative estimate of drug-likeness (QED) is 0.508. The lowest BCUT2D eigenvalue weighted by atomic mass is 10.2. The third-order valence-electron chi connectivity index (χ3n) is 1.76. The second kappa shape index (κ2) is 4.08. The van der Waals surface area contributed by atoms with Crippen LogP contribution in [0.4, 0.5) is 4.79 Å². The Morgan fingerprint density at radius 1 is 1.77 bits per heavy atom. The van der Waals surface area contributed by atoms with Gasteiger partial charge in [0, 0.05) is 6.92 Å². The van der Waals surface area contributed by atoms with Crippen molar-refractivity contribution in [3.05, 3.63) is 0 Å². The first kappa shape index (κ1) is 9.79. The predicted octanol–water partition coefficient (Wildman–Crippen LogP) is -1.41. The number of aliphatic hydroxyl groups is 1. The van der Waals surface area contributed by atoms with Crippen molar-refractivity contribution in [2.45, 2.75) is 19.1 Å². The van der Waals surface area contributed by atoms with Crippen molar-refractivity contribution in [3.8, 4) is 0 Å². The van der Waals surface area contributed by atoms with Crippen LogP contribution in [-0.2, 0) is 9.53 Å². The van der Waals surface area contributed by atoms with Crippen LogP contribution < -0.4 is 10.6 Å². The molecule has 1 saturated heterocycles. The fourth-order valence-corrected chi connectivity index (χ4v) is 1.09. The number of alkyl carbamates (subject to hydrolysis) is 1. The van der Waals surface area contributed by atoms with E-state index in [0.717, 1.165) is 0 Å². The summed E-state index contributed by atoms with van der Waals surface area (Å²) in [4.78, 5) is 21.3. The van der Waals surface area contributed by atoms with Crippen LogP contribution in [0.15, 0.2) is 0 Å². The Balaban J connectivity index is 2.39. The minimum atomic E-state index is -0.561. The zero-order valence-corrected chi connectivity index (χ0v) is 7.24. The van der Waals surface area contributed by atoms with E-state index < -0.39 is 18.2 Å². The predicted molar refractivity (Wildman–Crippen MR) is 43.0 cm³/mol. The zero-order chi connectivity index (χ0) is 9.84. The van der Waals surface area contributed by atoms with Gasteiger partial charge < -0.3 is 20.5 Å². The van der Waals surface area contributed by atoms with Gasteiger partial charge in [0.25, 0.3) is 0 Å². The van der Waals surface area contributed by atoms with Gasteiger partial charge >= 0.3 is 6.09 Å². The number of carbonyl (C=O) groups excluding carboxylic acids is 2. The van der Waals surface area contributed by atoms with E-state index in [2.05, 4.69) is 10.6 Å². The first-order chi connectivity index (χ1) is 6.13. The third-order valence-corrected chi connectivity index (χ3v) is 1.76. The Morgan fingerprint density at radius 2 is 2.46 bits per heavy atom. The largest absolute Gasteiger partial charge is 0.442 e. The van der Waals surface area contributed by atoms with E-state index >= 15 is 0 Å². The summed E-state index contributed by atoms with van der Waals surface area (Å²) in [6.45, 7) is 1.40. The SMILES string of the molecule is CC(=O)NCC1OC(=O)NC1CO. The first-order valence-corrected chi connectivity index (χ1v) is 3.96. The molecule has 1 rings (SSSR count). The Bertz CT molecular complexity index is 219. The number of nitrogens with one attached hydrogen (secondary N) is 2. The molecule has 1 aliphatic heterocycles. The molecule has 2 amide bonds. The van der Waals surface area contributed by atoms with E-state index in [4.69, 9.17) is 9.84 Å². The molecule has 6 nitrogen and oxygen atoms in total. The average molecular weight is 188 g/mol. The summed E-state index contributed by atoms with van der Waals surface area (Å²) in [5, 5.41) is 13.7. The summed E-state index contributed by atoms with van der Waals surface area (Å²) in [6, 6.07) is -0.431. The van der Waals surface area contributed by atoms with Gasteiger partial charge in [0.2, 0.25) is 5.91 Å². The van der Waals surface area contributed by atoms with Crippen LogP contribution in [0.25, 0.3) is 0 Å². The van der Waals surface area contributed by atoms with Gasteiger partial charge in [0.05, 0.1) is 19.2 Å². The van der Waals surface area contributed by atoms with E-state index in [1.165, 1.54) is 6.92 Å². The highest BCUT2D eigenvalue weighted by Crippen LogP contribution is 2.06. The lowest BCUT2D eigenvalue weighted by molar-refractivity contribution is -0.119. The van der Waals surface area contributed by atoms with Crippen LogP contribution in [0, 0.1) is 0 Å². The van der Waals surface area contributed by atoms with E-state index in [1.807, 2.05) is 0 Å². The van der Waals surface area contributed by atoms with Crippen LogP contribution in [0.3, 0.4) is 0 Å². The maximum atomic E-state index is 10.7. The maximum Gasteiger partial charge on any atom is 0.407 e. The highest BCUT2D eigenvalue weighted by molar-refractivity contribution is 5.73. The van der Waals surface area contributed by atoms with Crippen molar-refractivity contribution in [1.82, 2.24) is 10.6 Å². The number of ether oxygens (including phenoxy) is 1. The number of rotatable bonds is 3. The van der Waals surface area contributed by atoms with Crippen LogP contribution in [-0.4, -0.2) is 42.4 Å². The molecular formula is C7H12N2O4. The van der Waals surface area contributed by atoms with Crippen LogP contribution in [0.1, 0.15) is 6.92 Å². The topological polar surface area (TPSA) is 87.7 Å². The summed E-state index contributed by atoms with van der Waals surface area (Å²) >= 11 is 0. The molecule has 0 radical (unpaired) electrons. The Kier molecular flexibility index (Phi) is 3.07. The second-order valence-corrected chi connectivity index (χ2v) is 2.81. The van der Waals surface area contributed by atoms with Crippen LogP contribution in [0.2, 0.25) is 0 Å². The highest BCUT2D eigenvalue weighted by atomic mass is 16.6. The Hall–Kier alpha value is -1.30. The number of hydrogen-bond acceptors (Lipinski definition) is 4. The molecule has 2 unspecified atom stereocenters. The Labute approximate surface area is 75.3 Å². The normalized spacial score (nSPS) is 26.5. The number of hydrogen-bond donors (Lipinski definition) is 3. The van der Waals surface area contributed by atoms with Gasteiger partial charge in [-0.25, -0.2) is 4.79 Å². The van der Waals surface area contributed by atoms with Crippen molar-refractivity contribution in [2.24, 2.45) is 0 Å². The molecule has 2 atom stereocenters. The van der Waals surface area contributed by atoms with Gasteiger partial charge in [-0.3, -0.25) is 4.79 Å². The highest BCUT2D eigenvalue weighted by Gasteiger charge is 2.33. The van der Waals surface area contributed by atoms with Gasteiger partial charge in [-0.05, 0) is 0 Å². The van der Waals surface area contributed by atoms with E-state index in [-0.39, 0.29) is 19.1 Å². The van der Waals surface area contributed by atoms with Crippen molar-refractivity contribution < 1.29 is 19.4 Å². The molecule has 13 heavy (non-hydrogen) atoms. The number of aliphatic hydroxyl groups excluding tert-OH is 1. The molecule has 0 aromatic rings. The summed E-state index contributed by atoms with van der Waals surface area (Å²) in [5.74, 6) is -0.195. The molecule has 0 bridgehead atoms. The van der Waals surface area contributed by atoms with E-state index in [0.29, 0.717) is 0 Å². The van der Waals surface area contributed by atoms with Gasteiger partial charge in [-0.15, -0.1) is 0 Å². The van der Waals surface area contributed by atoms with Gasteiger partial charge in [0.15, 0.2) is 0 Å². The molecule has 1 fully saturated rings. The summed E-state index contributed by atoms with van der Waals surface area (Å²) < 4.78 is 4.79. The number of amides is 2. The fraction of sp³-hybridized carbons (Fsp3) is 0.714. The van der Waals surface area contributed by atoms with Gasteiger partial charge in [-0.1, -0.05) is 0 Å². The first-order valence-electron chi connectivity index (χ1n) is 3.96. The summed E-state index contributed by atoms with van der Waals surface area (Å²) in [5.41, 5.74) is 0. The molecule has 1 heterocycles. The summed E-state index contributed by atoms with van der Waals surface area (Å²) in [6.07, 6.45) is -1.05. The van der Waals surface area contributed by atoms with E-state index in [9.17, 15) is 9.59 Å². The molecule has 0 aromatic heterocycles. The molecule has 3 N–H and O–H groups in total. The molecule has 0 spiro atoms. The van der Waals surface area contributed by atoms with Crippen molar-refractivity contribution in [2.75, 3.05) is 13.2 Å². The zero-order valence-electron chi connectivity index (χ0n) is 7.24. The number of carbonyl (C=O) groups is 2. The molecule has 74 valence electrons. The monoisotopic (exact) mass is 188 g/mol. The fourth-order valence-electron chi connectivity index (χ4n) is 1.09. The molecule has 0 aromatic carbocycles. The molecule has 0 aliphatic carbocycles. The second-order valence-electron chi connectivity index (χ2n) is 2.81. The Morgan fingerprint density at radius 3 is 3.00 bits per heavy atom. The lowest BCUT2D eigenvalue weighted by Gasteiger charge is -2.14. The van der Waals surface area contributed by atoms with Crippen LogP contribution >= 0.6 is 0 Å². The minimum absolute atomic E-state index is 0.195. The standard InChI is InChI=1S/C7H12N2O4/c1-4(11)8-2-6-5(3-10)9-7(12)13-6/h5-6,10H,2-3H2,1H3,(H,8,11)(H,9,12). The minimum Gasteiger partial charge on any atom is -0.442 e. The van der Waals surface area contributed by atoms with Gasteiger partial charge in [0.1, 0.15) is 6.10 Å². The molecule has 6 heteroatoms. The molecule has 0 saturated carbocycles. The molecule has 1 aliphatic rings. The maximum absolute atomic E-state index is 10.7. The number of cyclic esters (lactones) is 1. The third kappa shape index (κ3) is 2.59. The average Bonchev–Trinajstić information content (AvgIpc) is 2.42. The van der Waals surface area contributed by atoms with Gasteiger partial charge in [-0.2, -0.15) is 0 Å². The van der Waals surface area contributed by atoms with Crippen molar-refractivity contribution in [3.63, 3.8) is 0 Å².